The molecule has 0 saturated carbocycles. The summed E-state index contributed by atoms with van der Waals surface area (Å²) in [7, 11) is 1.88. The van der Waals surface area contributed by atoms with E-state index in [0.29, 0.717) is 12.5 Å². The summed E-state index contributed by atoms with van der Waals surface area (Å²) in [5, 5.41) is 10.5. The summed E-state index contributed by atoms with van der Waals surface area (Å²) in [4.78, 5) is 11.9. The van der Waals surface area contributed by atoms with Gasteiger partial charge < -0.3 is 10.6 Å². The monoisotopic (exact) mass is 268 g/mol. The first-order valence-corrected chi connectivity index (χ1v) is 7.39. The lowest BCUT2D eigenvalue weighted by molar-refractivity contribution is -0.122. The molecule has 0 bridgehead atoms. The Morgan fingerprint density at radius 3 is 3.22 bits per heavy atom. The second-order valence-corrected chi connectivity index (χ2v) is 5.82. The van der Waals surface area contributed by atoms with Gasteiger partial charge in [0, 0.05) is 49.3 Å². The Morgan fingerprint density at radius 1 is 1.78 bits per heavy atom. The van der Waals surface area contributed by atoms with E-state index in [-0.39, 0.29) is 11.9 Å². The zero-order valence-corrected chi connectivity index (χ0v) is 11.7. The van der Waals surface area contributed by atoms with Gasteiger partial charge in [0.05, 0.1) is 12.2 Å². The lowest BCUT2D eigenvalue weighted by Crippen LogP contribution is -2.41. The summed E-state index contributed by atoms with van der Waals surface area (Å²) in [6.45, 7) is 2.98. The van der Waals surface area contributed by atoms with E-state index >= 15 is 0 Å². The minimum absolute atomic E-state index is 0.0162. The van der Waals surface area contributed by atoms with Crippen LogP contribution in [0.1, 0.15) is 24.9 Å². The molecule has 6 heteroatoms. The fourth-order valence-electron chi connectivity index (χ4n) is 2.02. The van der Waals surface area contributed by atoms with Crippen LogP contribution in [0.5, 0.6) is 0 Å². The van der Waals surface area contributed by atoms with E-state index in [0.717, 1.165) is 23.6 Å². The lowest BCUT2D eigenvalue weighted by atomic mass is 10.1. The van der Waals surface area contributed by atoms with Crippen molar-refractivity contribution < 1.29 is 4.79 Å². The minimum atomic E-state index is 0.0162. The Balaban J connectivity index is 1.79. The highest BCUT2D eigenvalue weighted by atomic mass is 32.2. The Morgan fingerprint density at radius 2 is 2.61 bits per heavy atom. The number of nitrogens with one attached hydrogen (secondary N) is 2. The first-order chi connectivity index (χ1) is 8.65. The van der Waals surface area contributed by atoms with Crippen molar-refractivity contribution in [3.05, 3.63) is 18.0 Å². The molecule has 0 aromatic carbocycles. The van der Waals surface area contributed by atoms with Crippen LogP contribution < -0.4 is 10.6 Å². The first-order valence-electron chi connectivity index (χ1n) is 6.24. The maximum atomic E-state index is 11.9. The highest BCUT2D eigenvalue weighted by Gasteiger charge is 2.18. The van der Waals surface area contributed by atoms with Crippen molar-refractivity contribution in [2.24, 2.45) is 7.05 Å². The molecule has 1 aliphatic heterocycles. The predicted molar refractivity (Wildman–Crippen MR) is 73.5 cm³/mol. The largest absolute Gasteiger partial charge is 0.349 e. The third-order valence-electron chi connectivity index (χ3n) is 3.03. The zero-order chi connectivity index (χ0) is 13.0. The van der Waals surface area contributed by atoms with E-state index < -0.39 is 0 Å². The third-order valence-corrected chi connectivity index (χ3v) is 4.16. The van der Waals surface area contributed by atoms with Gasteiger partial charge in [0.15, 0.2) is 0 Å². The van der Waals surface area contributed by atoms with Gasteiger partial charge in [-0.3, -0.25) is 9.48 Å². The Labute approximate surface area is 112 Å². The molecule has 2 N–H and O–H groups in total. The normalized spacial score (nSPS) is 21.6. The van der Waals surface area contributed by atoms with Gasteiger partial charge in [-0.15, -0.1) is 0 Å². The molecule has 2 atom stereocenters. The van der Waals surface area contributed by atoms with E-state index in [4.69, 9.17) is 0 Å². The van der Waals surface area contributed by atoms with E-state index in [2.05, 4.69) is 15.7 Å². The van der Waals surface area contributed by atoms with Crippen molar-refractivity contribution in [3.63, 3.8) is 0 Å². The Kier molecular flexibility index (Phi) is 4.66. The van der Waals surface area contributed by atoms with Crippen LogP contribution in [0.3, 0.4) is 0 Å². The molecule has 1 saturated heterocycles. The van der Waals surface area contributed by atoms with E-state index in [9.17, 15) is 4.79 Å². The molecule has 2 unspecified atom stereocenters. The summed E-state index contributed by atoms with van der Waals surface area (Å²) < 4.78 is 1.75. The average Bonchev–Trinajstić information content (AvgIpc) is 2.77. The molecule has 2 rings (SSSR count). The molecule has 0 aliphatic carbocycles. The molecule has 2 heterocycles. The molecule has 1 aromatic rings. The molecule has 0 spiro atoms. The SMILES string of the molecule is CC(NC(=O)CC1CSCCN1)c1cnn(C)c1. The number of carbonyl (C=O) groups is 1. The van der Waals surface area contributed by atoms with Crippen molar-refractivity contribution >= 4 is 17.7 Å². The molecule has 1 aliphatic rings. The summed E-state index contributed by atoms with van der Waals surface area (Å²) in [6, 6.07) is 0.326. The van der Waals surface area contributed by atoms with Crippen LogP contribution >= 0.6 is 11.8 Å². The van der Waals surface area contributed by atoms with Crippen LogP contribution in [0.25, 0.3) is 0 Å². The summed E-state index contributed by atoms with van der Waals surface area (Å²) in [6.07, 6.45) is 4.27. The van der Waals surface area contributed by atoms with Crippen LogP contribution in [0, 0.1) is 0 Å². The van der Waals surface area contributed by atoms with Crippen molar-refractivity contribution in [1.29, 1.82) is 0 Å². The van der Waals surface area contributed by atoms with Gasteiger partial charge in [-0.05, 0) is 6.92 Å². The van der Waals surface area contributed by atoms with Crippen LogP contribution in [-0.4, -0.2) is 39.8 Å². The van der Waals surface area contributed by atoms with Gasteiger partial charge in [-0.2, -0.15) is 16.9 Å². The lowest BCUT2D eigenvalue weighted by Gasteiger charge is -2.23. The molecular weight excluding hydrogens is 248 g/mol. The summed E-state index contributed by atoms with van der Waals surface area (Å²) in [5.74, 6) is 2.27. The van der Waals surface area contributed by atoms with Crippen LogP contribution in [-0.2, 0) is 11.8 Å². The average molecular weight is 268 g/mol. The fourth-order valence-corrected chi connectivity index (χ4v) is 2.97. The summed E-state index contributed by atoms with van der Waals surface area (Å²) in [5.41, 5.74) is 1.04. The van der Waals surface area contributed by atoms with Crippen LogP contribution in [0.4, 0.5) is 0 Å². The van der Waals surface area contributed by atoms with Crippen LogP contribution in [0.15, 0.2) is 12.4 Å². The quantitative estimate of drug-likeness (QED) is 0.843. The van der Waals surface area contributed by atoms with E-state index in [1.807, 2.05) is 31.9 Å². The highest BCUT2D eigenvalue weighted by molar-refractivity contribution is 7.99. The molecular formula is C12H20N4OS. The Bertz CT molecular complexity index is 401. The number of aromatic nitrogens is 2. The fraction of sp³-hybridized carbons (Fsp3) is 0.667. The number of hydrogen-bond acceptors (Lipinski definition) is 4. The van der Waals surface area contributed by atoms with Crippen molar-refractivity contribution in [2.75, 3.05) is 18.1 Å². The number of carbonyl (C=O) groups excluding carboxylic acids is 1. The third kappa shape index (κ3) is 3.74. The second-order valence-electron chi connectivity index (χ2n) is 4.67. The van der Waals surface area contributed by atoms with Crippen molar-refractivity contribution in [1.82, 2.24) is 20.4 Å². The minimum Gasteiger partial charge on any atom is -0.349 e. The smallest absolute Gasteiger partial charge is 0.222 e. The number of aryl methyl sites for hydroxylation is 1. The standard InChI is InChI=1S/C12H20N4OS/c1-9(10-6-14-16(2)7-10)15-12(17)5-11-8-18-4-3-13-11/h6-7,9,11,13H,3-5,8H2,1-2H3,(H,15,17). The maximum Gasteiger partial charge on any atom is 0.222 e. The Hall–Kier alpha value is -1.01. The molecule has 100 valence electrons. The van der Waals surface area contributed by atoms with E-state index in [1.54, 1.807) is 10.9 Å². The second kappa shape index (κ2) is 6.24. The molecule has 1 amide bonds. The number of hydrogen-bond donors (Lipinski definition) is 2. The maximum absolute atomic E-state index is 11.9. The summed E-state index contributed by atoms with van der Waals surface area (Å²) >= 11 is 1.91. The van der Waals surface area contributed by atoms with Crippen molar-refractivity contribution in [2.45, 2.75) is 25.4 Å². The topological polar surface area (TPSA) is 59.0 Å². The predicted octanol–water partition coefficient (Wildman–Crippen LogP) is 0.692. The number of thioether (sulfide) groups is 1. The van der Waals surface area contributed by atoms with Crippen LogP contribution in [0.2, 0.25) is 0 Å². The molecule has 18 heavy (non-hydrogen) atoms. The van der Waals surface area contributed by atoms with Gasteiger partial charge in [0.2, 0.25) is 5.91 Å². The number of rotatable bonds is 4. The van der Waals surface area contributed by atoms with Gasteiger partial charge in [-0.25, -0.2) is 0 Å². The van der Waals surface area contributed by atoms with Gasteiger partial charge >= 0.3 is 0 Å². The van der Waals surface area contributed by atoms with Gasteiger partial charge in [0.1, 0.15) is 0 Å². The van der Waals surface area contributed by atoms with Crippen molar-refractivity contribution in [3.8, 4) is 0 Å². The highest BCUT2D eigenvalue weighted by Crippen LogP contribution is 2.13. The zero-order valence-electron chi connectivity index (χ0n) is 10.8. The number of amides is 1. The molecule has 1 fully saturated rings. The number of nitrogens with zero attached hydrogens (tertiary/aromatic N) is 2. The molecule has 5 nitrogen and oxygen atoms in total. The molecule has 1 aromatic heterocycles. The first kappa shape index (κ1) is 13.4. The van der Waals surface area contributed by atoms with Gasteiger partial charge in [-0.1, -0.05) is 0 Å². The van der Waals surface area contributed by atoms with E-state index in [1.165, 1.54) is 0 Å². The van der Waals surface area contributed by atoms with Gasteiger partial charge in [0.25, 0.3) is 0 Å². The molecule has 0 radical (unpaired) electrons.